The van der Waals surface area contributed by atoms with Crippen molar-refractivity contribution in [2.45, 2.75) is 33.0 Å². The van der Waals surface area contributed by atoms with E-state index >= 15 is 0 Å². The molecule has 0 spiro atoms. The van der Waals surface area contributed by atoms with Crippen molar-refractivity contribution in [1.29, 1.82) is 0 Å². The van der Waals surface area contributed by atoms with Gasteiger partial charge in [-0.25, -0.2) is 0 Å². The van der Waals surface area contributed by atoms with Crippen LogP contribution in [-0.2, 0) is 4.74 Å². The van der Waals surface area contributed by atoms with E-state index in [1.165, 1.54) is 0 Å². The highest BCUT2D eigenvalue weighted by molar-refractivity contribution is 4.84. The van der Waals surface area contributed by atoms with E-state index < -0.39 is 0 Å². The van der Waals surface area contributed by atoms with Gasteiger partial charge in [-0.15, -0.1) is 0 Å². The summed E-state index contributed by atoms with van der Waals surface area (Å²) in [4.78, 5) is 0. The van der Waals surface area contributed by atoms with Gasteiger partial charge in [0, 0.05) is 12.5 Å². The maximum Gasteiger partial charge on any atom is 0.0595 e. The Bertz CT molecular complexity index is 129. The summed E-state index contributed by atoms with van der Waals surface area (Å²) >= 11 is 0. The minimum atomic E-state index is 0.344. The van der Waals surface area contributed by atoms with Gasteiger partial charge < -0.3 is 4.74 Å². The van der Waals surface area contributed by atoms with Crippen LogP contribution >= 0.6 is 0 Å². The van der Waals surface area contributed by atoms with Gasteiger partial charge in [0.15, 0.2) is 0 Å². The Balaban J connectivity index is 2.49. The lowest BCUT2D eigenvalue weighted by Crippen LogP contribution is -2.34. The van der Waals surface area contributed by atoms with Crippen molar-refractivity contribution in [2.24, 2.45) is 17.7 Å². The summed E-state index contributed by atoms with van der Waals surface area (Å²) in [5.41, 5.74) is 2.71. The summed E-state index contributed by atoms with van der Waals surface area (Å²) in [6.07, 6.45) is 0.722. The topological polar surface area (TPSA) is 47.3 Å². The highest BCUT2D eigenvalue weighted by Gasteiger charge is 2.35. The van der Waals surface area contributed by atoms with Crippen molar-refractivity contribution in [3.63, 3.8) is 0 Å². The van der Waals surface area contributed by atoms with Gasteiger partial charge in [0.1, 0.15) is 0 Å². The van der Waals surface area contributed by atoms with Gasteiger partial charge in [-0.1, -0.05) is 6.92 Å². The molecule has 4 atom stereocenters. The van der Waals surface area contributed by atoms with Crippen molar-refractivity contribution in [2.75, 3.05) is 6.54 Å². The van der Waals surface area contributed by atoms with Gasteiger partial charge in [-0.2, -0.15) is 0 Å². The number of hydrogen-bond donors (Lipinski definition) is 2. The van der Waals surface area contributed by atoms with Gasteiger partial charge in [-0.3, -0.25) is 11.3 Å². The zero-order chi connectivity index (χ0) is 8.43. The Kier molecular flexibility index (Phi) is 2.87. The van der Waals surface area contributed by atoms with Crippen LogP contribution in [0.25, 0.3) is 0 Å². The third kappa shape index (κ3) is 1.72. The number of hydrazine groups is 1. The van der Waals surface area contributed by atoms with Crippen molar-refractivity contribution >= 4 is 0 Å². The molecule has 1 aliphatic heterocycles. The molecule has 1 saturated heterocycles. The summed E-state index contributed by atoms with van der Waals surface area (Å²) in [7, 11) is 0. The van der Waals surface area contributed by atoms with Gasteiger partial charge in [0.2, 0.25) is 0 Å². The monoisotopic (exact) mass is 158 g/mol. The molecule has 1 aliphatic rings. The van der Waals surface area contributed by atoms with Crippen LogP contribution in [0.1, 0.15) is 20.8 Å². The lowest BCUT2D eigenvalue weighted by atomic mass is 9.90. The highest BCUT2D eigenvalue weighted by Crippen LogP contribution is 2.31. The third-order valence-corrected chi connectivity index (χ3v) is 2.80. The van der Waals surface area contributed by atoms with Crippen LogP contribution < -0.4 is 11.3 Å². The van der Waals surface area contributed by atoms with Crippen LogP contribution in [0.5, 0.6) is 0 Å². The molecule has 3 heteroatoms. The normalized spacial score (nSPS) is 44.7. The second kappa shape index (κ2) is 3.52. The Morgan fingerprint density at radius 3 is 2.27 bits per heavy atom. The molecule has 0 bridgehead atoms. The molecule has 0 radical (unpaired) electrons. The average molecular weight is 158 g/mol. The van der Waals surface area contributed by atoms with E-state index in [2.05, 4.69) is 26.2 Å². The minimum Gasteiger partial charge on any atom is -0.375 e. The van der Waals surface area contributed by atoms with E-state index in [1.807, 2.05) is 0 Å². The predicted octanol–water partition coefficient (Wildman–Crippen LogP) is 0.509. The Labute approximate surface area is 68.3 Å². The zero-order valence-corrected chi connectivity index (χ0v) is 7.50. The standard InChI is InChI=1S/C8H18N2O/c1-5-6(2)11-7(3)8(5)4-10-9/h5-8,10H,4,9H2,1-3H3. The fraction of sp³-hybridized carbons (Fsp3) is 1.00. The molecule has 11 heavy (non-hydrogen) atoms. The minimum absolute atomic E-state index is 0.344. The Morgan fingerprint density at radius 1 is 1.27 bits per heavy atom. The smallest absolute Gasteiger partial charge is 0.0595 e. The lowest BCUT2D eigenvalue weighted by Gasteiger charge is -2.16. The molecular weight excluding hydrogens is 140 g/mol. The second-order valence-corrected chi connectivity index (χ2v) is 3.48. The molecule has 1 heterocycles. The van der Waals surface area contributed by atoms with Crippen LogP contribution in [0, 0.1) is 11.8 Å². The number of ether oxygens (including phenoxy) is 1. The Hall–Kier alpha value is -0.120. The molecule has 0 aromatic carbocycles. The summed E-state index contributed by atoms with van der Waals surface area (Å²) in [6, 6.07) is 0. The first-order valence-electron chi connectivity index (χ1n) is 4.25. The SMILES string of the molecule is CC1OC(C)C(CNN)C1C. The first kappa shape index (κ1) is 8.97. The van der Waals surface area contributed by atoms with E-state index in [9.17, 15) is 0 Å². The van der Waals surface area contributed by atoms with Crippen LogP contribution in [-0.4, -0.2) is 18.8 Å². The molecule has 3 nitrogen and oxygen atoms in total. The van der Waals surface area contributed by atoms with E-state index in [-0.39, 0.29) is 0 Å². The molecule has 3 N–H and O–H groups in total. The van der Waals surface area contributed by atoms with Crippen LogP contribution in [0.15, 0.2) is 0 Å². The van der Waals surface area contributed by atoms with Gasteiger partial charge in [-0.05, 0) is 19.8 Å². The van der Waals surface area contributed by atoms with Crippen LogP contribution in [0.4, 0.5) is 0 Å². The number of nitrogens with two attached hydrogens (primary N) is 1. The molecule has 0 aromatic rings. The number of hydrogen-bond acceptors (Lipinski definition) is 3. The number of nitrogens with one attached hydrogen (secondary N) is 1. The fourth-order valence-corrected chi connectivity index (χ4v) is 1.83. The summed E-state index contributed by atoms with van der Waals surface area (Å²) in [6.45, 7) is 7.31. The summed E-state index contributed by atoms with van der Waals surface area (Å²) < 4.78 is 5.64. The summed E-state index contributed by atoms with van der Waals surface area (Å²) in [5, 5.41) is 0. The van der Waals surface area contributed by atoms with Crippen LogP contribution in [0.3, 0.4) is 0 Å². The van der Waals surface area contributed by atoms with Gasteiger partial charge in [0.05, 0.1) is 12.2 Å². The molecule has 1 fully saturated rings. The third-order valence-electron chi connectivity index (χ3n) is 2.80. The second-order valence-electron chi connectivity index (χ2n) is 3.48. The molecule has 0 amide bonds. The Morgan fingerprint density at radius 2 is 1.91 bits per heavy atom. The van der Waals surface area contributed by atoms with Crippen molar-refractivity contribution in [3.8, 4) is 0 Å². The first-order valence-corrected chi connectivity index (χ1v) is 4.25. The molecule has 66 valence electrons. The molecule has 0 saturated carbocycles. The van der Waals surface area contributed by atoms with Crippen molar-refractivity contribution in [1.82, 2.24) is 5.43 Å². The molecule has 1 rings (SSSR count). The fourth-order valence-electron chi connectivity index (χ4n) is 1.83. The van der Waals surface area contributed by atoms with E-state index in [1.54, 1.807) is 0 Å². The van der Waals surface area contributed by atoms with Crippen molar-refractivity contribution < 1.29 is 4.74 Å². The average Bonchev–Trinajstić information content (AvgIpc) is 2.17. The quantitative estimate of drug-likeness (QED) is 0.454. The highest BCUT2D eigenvalue weighted by atomic mass is 16.5. The largest absolute Gasteiger partial charge is 0.375 e. The van der Waals surface area contributed by atoms with E-state index in [0.29, 0.717) is 24.0 Å². The van der Waals surface area contributed by atoms with Gasteiger partial charge >= 0.3 is 0 Å². The maximum absolute atomic E-state index is 5.64. The summed E-state index contributed by atoms with van der Waals surface area (Å²) in [5.74, 6) is 6.45. The first-order chi connectivity index (χ1) is 5.16. The predicted molar refractivity (Wildman–Crippen MR) is 44.9 cm³/mol. The molecule has 4 unspecified atom stereocenters. The van der Waals surface area contributed by atoms with Crippen molar-refractivity contribution in [3.05, 3.63) is 0 Å². The molecular formula is C8H18N2O. The molecule has 0 aliphatic carbocycles. The maximum atomic E-state index is 5.64. The van der Waals surface area contributed by atoms with Crippen LogP contribution in [0.2, 0.25) is 0 Å². The zero-order valence-electron chi connectivity index (χ0n) is 7.50. The van der Waals surface area contributed by atoms with E-state index in [0.717, 1.165) is 6.54 Å². The van der Waals surface area contributed by atoms with E-state index in [4.69, 9.17) is 10.6 Å². The molecule has 0 aromatic heterocycles. The number of rotatable bonds is 2. The lowest BCUT2D eigenvalue weighted by molar-refractivity contribution is 0.0511. The van der Waals surface area contributed by atoms with Gasteiger partial charge in [0.25, 0.3) is 0 Å².